The van der Waals surface area contributed by atoms with E-state index in [1.165, 1.54) is 6.92 Å². The lowest BCUT2D eigenvalue weighted by Gasteiger charge is -2.17. The number of hydrogen-bond donors (Lipinski definition) is 0. The molecule has 21 heavy (non-hydrogen) atoms. The third kappa shape index (κ3) is 3.63. The van der Waals surface area contributed by atoms with Gasteiger partial charge in [-0.1, -0.05) is 30.3 Å². The molecule has 0 radical (unpaired) electrons. The van der Waals surface area contributed by atoms with Gasteiger partial charge >= 0.3 is 5.97 Å². The fourth-order valence-corrected chi connectivity index (χ4v) is 2.16. The normalized spacial score (nSPS) is 10.3. The summed E-state index contributed by atoms with van der Waals surface area (Å²) in [6.07, 6.45) is 0. The van der Waals surface area contributed by atoms with Crippen molar-refractivity contribution in [3.05, 3.63) is 58.7 Å². The largest absolute Gasteiger partial charge is 0.485 e. The number of carbonyl (C=O) groups is 1. The Morgan fingerprint density at radius 3 is 2.33 bits per heavy atom. The summed E-state index contributed by atoms with van der Waals surface area (Å²) in [6, 6.07) is 11.8. The van der Waals surface area contributed by atoms with Crippen LogP contribution in [-0.2, 0) is 11.4 Å². The Balaban J connectivity index is 2.31. The maximum absolute atomic E-state index is 11.3. The summed E-state index contributed by atoms with van der Waals surface area (Å²) in [6.45, 7) is 7.85. The van der Waals surface area contributed by atoms with Gasteiger partial charge in [0, 0.05) is 6.92 Å². The van der Waals surface area contributed by atoms with Gasteiger partial charge in [-0.15, -0.1) is 0 Å². The fourth-order valence-electron chi connectivity index (χ4n) is 2.16. The molecule has 0 aromatic heterocycles. The van der Waals surface area contributed by atoms with Crippen molar-refractivity contribution in [2.24, 2.45) is 0 Å². The zero-order valence-corrected chi connectivity index (χ0v) is 12.9. The lowest BCUT2D eigenvalue weighted by Crippen LogP contribution is -2.07. The Hall–Kier alpha value is -2.29. The van der Waals surface area contributed by atoms with E-state index < -0.39 is 0 Å². The molecule has 0 aliphatic heterocycles. The number of aryl methyl sites for hydroxylation is 1. The molecule has 0 unspecified atom stereocenters. The number of rotatable bonds is 4. The van der Waals surface area contributed by atoms with Crippen molar-refractivity contribution < 1.29 is 14.3 Å². The Kier molecular flexibility index (Phi) is 4.63. The van der Waals surface area contributed by atoms with Gasteiger partial charge in [0.2, 0.25) is 0 Å². The highest BCUT2D eigenvalue weighted by atomic mass is 16.6. The monoisotopic (exact) mass is 284 g/mol. The van der Waals surface area contributed by atoms with E-state index in [-0.39, 0.29) is 5.97 Å². The first-order valence-electron chi connectivity index (χ1n) is 6.95. The van der Waals surface area contributed by atoms with Crippen LogP contribution in [-0.4, -0.2) is 5.97 Å². The van der Waals surface area contributed by atoms with Crippen molar-refractivity contribution in [1.82, 2.24) is 0 Å². The van der Waals surface area contributed by atoms with Crippen molar-refractivity contribution in [2.45, 2.75) is 34.3 Å². The summed E-state index contributed by atoms with van der Waals surface area (Å²) in [5.74, 6) is 0.776. The second-order valence-corrected chi connectivity index (χ2v) is 5.14. The molecule has 110 valence electrons. The lowest BCUT2D eigenvalue weighted by atomic mass is 10.0. The van der Waals surface area contributed by atoms with Gasteiger partial charge in [-0.25, -0.2) is 0 Å². The van der Waals surface area contributed by atoms with Crippen LogP contribution in [0.3, 0.4) is 0 Å². The molecule has 2 rings (SSSR count). The first-order chi connectivity index (χ1) is 9.99. The number of benzene rings is 2. The average molecular weight is 284 g/mol. The maximum atomic E-state index is 11.3. The molecule has 2 aromatic carbocycles. The molecule has 0 spiro atoms. The van der Waals surface area contributed by atoms with Gasteiger partial charge in [0.1, 0.15) is 6.61 Å². The number of esters is 1. The maximum Gasteiger partial charge on any atom is 0.308 e. The van der Waals surface area contributed by atoms with E-state index >= 15 is 0 Å². The molecule has 3 heteroatoms. The Morgan fingerprint density at radius 2 is 1.71 bits per heavy atom. The summed E-state index contributed by atoms with van der Waals surface area (Å²) < 4.78 is 11.2. The first-order valence-corrected chi connectivity index (χ1v) is 6.95. The molecule has 3 nitrogen and oxygen atoms in total. The lowest BCUT2D eigenvalue weighted by molar-refractivity contribution is -0.132. The fraction of sp³-hybridized carbons (Fsp3) is 0.278. The number of carbonyl (C=O) groups excluding carboxylic acids is 1. The van der Waals surface area contributed by atoms with Crippen molar-refractivity contribution >= 4 is 5.97 Å². The van der Waals surface area contributed by atoms with E-state index in [2.05, 4.69) is 0 Å². The average Bonchev–Trinajstić information content (AvgIpc) is 2.45. The summed E-state index contributed by atoms with van der Waals surface area (Å²) in [5, 5.41) is 0. The van der Waals surface area contributed by atoms with E-state index in [1.54, 1.807) is 0 Å². The quantitative estimate of drug-likeness (QED) is 0.626. The van der Waals surface area contributed by atoms with Crippen LogP contribution in [0.4, 0.5) is 0 Å². The summed E-state index contributed by atoms with van der Waals surface area (Å²) >= 11 is 0. The summed E-state index contributed by atoms with van der Waals surface area (Å²) in [5.41, 5.74) is 4.30. The Labute approximate surface area is 125 Å². The predicted molar refractivity (Wildman–Crippen MR) is 82.7 cm³/mol. The second kappa shape index (κ2) is 6.44. The van der Waals surface area contributed by atoms with E-state index in [4.69, 9.17) is 9.47 Å². The van der Waals surface area contributed by atoms with Crippen molar-refractivity contribution in [1.29, 1.82) is 0 Å². The van der Waals surface area contributed by atoms with E-state index in [0.29, 0.717) is 18.1 Å². The van der Waals surface area contributed by atoms with Gasteiger partial charge in [0.05, 0.1) is 0 Å². The predicted octanol–water partition coefficient (Wildman–Crippen LogP) is 4.12. The van der Waals surface area contributed by atoms with Crippen LogP contribution in [0.2, 0.25) is 0 Å². The molecule has 0 amide bonds. The second-order valence-electron chi connectivity index (χ2n) is 5.14. The molecular weight excluding hydrogens is 264 g/mol. The van der Waals surface area contributed by atoms with Crippen molar-refractivity contribution in [3.8, 4) is 11.5 Å². The first kappa shape index (κ1) is 15.1. The van der Waals surface area contributed by atoms with Crippen molar-refractivity contribution in [3.63, 3.8) is 0 Å². The molecule has 0 atom stereocenters. The van der Waals surface area contributed by atoms with Gasteiger partial charge in [-0.05, 0) is 49.1 Å². The van der Waals surface area contributed by atoms with Gasteiger partial charge in [-0.2, -0.15) is 0 Å². The minimum absolute atomic E-state index is 0.345. The SMILES string of the molecule is CC(=O)Oc1cc(C)c(C)c(C)c1OCc1ccccc1. The smallest absolute Gasteiger partial charge is 0.308 e. The highest BCUT2D eigenvalue weighted by molar-refractivity contribution is 5.71. The molecule has 0 aliphatic carbocycles. The molecule has 0 saturated carbocycles. The molecule has 0 aliphatic rings. The third-order valence-electron chi connectivity index (χ3n) is 3.55. The molecule has 0 heterocycles. The van der Waals surface area contributed by atoms with Gasteiger partial charge in [0.15, 0.2) is 11.5 Å². The molecular formula is C18H20O3. The van der Waals surface area contributed by atoms with Crippen LogP contribution in [0.15, 0.2) is 36.4 Å². The molecule has 2 aromatic rings. The molecule has 0 bridgehead atoms. The van der Waals surface area contributed by atoms with Gasteiger partial charge < -0.3 is 9.47 Å². The van der Waals surface area contributed by atoms with Crippen LogP contribution in [0.25, 0.3) is 0 Å². The molecule has 0 saturated heterocycles. The Morgan fingerprint density at radius 1 is 1.05 bits per heavy atom. The standard InChI is InChI=1S/C18H20O3/c1-12-10-17(21-15(4)19)18(14(3)13(12)2)20-11-16-8-6-5-7-9-16/h5-10H,11H2,1-4H3. The van der Waals surface area contributed by atoms with Crippen LogP contribution in [0, 0.1) is 20.8 Å². The zero-order valence-electron chi connectivity index (χ0n) is 12.9. The van der Waals surface area contributed by atoms with Gasteiger partial charge in [0.25, 0.3) is 0 Å². The highest BCUT2D eigenvalue weighted by Crippen LogP contribution is 2.36. The summed E-state index contributed by atoms with van der Waals surface area (Å²) in [7, 11) is 0. The Bertz CT molecular complexity index is 645. The number of hydrogen-bond acceptors (Lipinski definition) is 3. The van der Waals surface area contributed by atoms with Crippen molar-refractivity contribution in [2.75, 3.05) is 0 Å². The van der Waals surface area contributed by atoms with E-state index in [0.717, 1.165) is 22.3 Å². The third-order valence-corrected chi connectivity index (χ3v) is 3.55. The van der Waals surface area contributed by atoms with E-state index in [1.807, 2.05) is 57.2 Å². The number of ether oxygens (including phenoxy) is 2. The summed E-state index contributed by atoms with van der Waals surface area (Å²) in [4.78, 5) is 11.3. The van der Waals surface area contributed by atoms with Crippen LogP contribution in [0.1, 0.15) is 29.2 Å². The minimum Gasteiger partial charge on any atom is -0.485 e. The zero-order chi connectivity index (χ0) is 15.4. The van der Waals surface area contributed by atoms with Crippen LogP contribution >= 0.6 is 0 Å². The molecule has 0 fully saturated rings. The van der Waals surface area contributed by atoms with E-state index in [9.17, 15) is 4.79 Å². The highest BCUT2D eigenvalue weighted by Gasteiger charge is 2.15. The molecule has 0 N–H and O–H groups in total. The topological polar surface area (TPSA) is 35.5 Å². The van der Waals surface area contributed by atoms with Crippen LogP contribution in [0.5, 0.6) is 11.5 Å². The van der Waals surface area contributed by atoms with Crippen LogP contribution < -0.4 is 9.47 Å². The minimum atomic E-state index is -0.345. The van der Waals surface area contributed by atoms with Gasteiger partial charge in [-0.3, -0.25) is 4.79 Å².